The zero-order valence-corrected chi connectivity index (χ0v) is 22.8. The summed E-state index contributed by atoms with van der Waals surface area (Å²) in [6.45, 7) is 5.25. The summed E-state index contributed by atoms with van der Waals surface area (Å²) in [5.41, 5.74) is 13.2. The first-order valence-corrected chi connectivity index (χ1v) is 13.3. The summed E-state index contributed by atoms with van der Waals surface area (Å²) in [5.74, 6) is -3.71. The average Bonchev–Trinajstić information content (AvgIpc) is 3.31. The molecule has 1 aromatic carbocycles. The molecule has 6 unspecified atom stereocenters. The second-order valence-corrected chi connectivity index (χ2v) is 9.95. The predicted octanol–water partition coefficient (Wildman–Crippen LogP) is 0.133. The predicted molar refractivity (Wildman–Crippen MR) is 147 cm³/mol. The van der Waals surface area contributed by atoms with Crippen LogP contribution in [0, 0.1) is 5.92 Å². The van der Waals surface area contributed by atoms with Gasteiger partial charge in [-0.2, -0.15) is 0 Å². The second-order valence-electron chi connectivity index (χ2n) is 9.95. The number of aliphatic hydroxyl groups is 1. The van der Waals surface area contributed by atoms with Crippen molar-refractivity contribution in [2.24, 2.45) is 17.4 Å². The molecule has 0 fully saturated rings. The summed E-state index contributed by atoms with van der Waals surface area (Å²) in [7, 11) is 0. The zero-order chi connectivity index (χ0) is 29.1. The van der Waals surface area contributed by atoms with Crippen LogP contribution in [0.5, 0.6) is 0 Å². The van der Waals surface area contributed by atoms with Gasteiger partial charge in [-0.05, 0) is 43.9 Å². The van der Waals surface area contributed by atoms with E-state index in [1.54, 1.807) is 20.0 Å². The molecular weight excluding hydrogens is 504 g/mol. The lowest BCUT2D eigenvalue weighted by molar-refractivity contribution is -0.144. The number of amides is 3. The molecule has 3 amide bonds. The molecule has 0 aliphatic heterocycles. The summed E-state index contributed by atoms with van der Waals surface area (Å²) in [6, 6.07) is 2.83. The molecule has 2 aromatic rings. The van der Waals surface area contributed by atoms with Crippen molar-refractivity contribution in [1.29, 1.82) is 0 Å². The molecule has 0 spiro atoms. The number of carbonyl (C=O) groups excluding carboxylic acids is 3. The Kier molecular flexibility index (Phi) is 12.4. The molecule has 39 heavy (non-hydrogen) atoms. The highest BCUT2D eigenvalue weighted by Gasteiger charge is 2.34. The molecule has 216 valence electrons. The van der Waals surface area contributed by atoms with Crippen LogP contribution in [0.4, 0.5) is 0 Å². The van der Waals surface area contributed by atoms with Crippen LogP contribution >= 0.6 is 0 Å². The minimum Gasteiger partial charge on any atom is -0.480 e. The van der Waals surface area contributed by atoms with Gasteiger partial charge in [-0.3, -0.25) is 14.4 Å². The average molecular weight is 547 g/mol. The van der Waals surface area contributed by atoms with Crippen molar-refractivity contribution >= 4 is 34.6 Å². The number of aliphatic hydroxyl groups excluding tert-OH is 1. The van der Waals surface area contributed by atoms with Gasteiger partial charge in [0.25, 0.3) is 0 Å². The Bertz CT molecular complexity index is 1120. The van der Waals surface area contributed by atoms with Crippen LogP contribution in [-0.2, 0) is 25.6 Å². The van der Waals surface area contributed by atoms with Gasteiger partial charge in [0.1, 0.15) is 18.1 Å². The minimum absolute atomic E-state index is 0.0792. The molecule has 10 N–H and O–H groups in total. The highest BCUT2D eigenvalue weighted by atomic mass is 16.4. The van der Waals surface area contributed by atoms with E-state index in [1.165, 1.54) is 6.92 Å². The lowest BCUT2D eigenvalue weighted by Crippen LogP contribution is -2.60. The molecular formula is C27H42N6O6. The van der Waals surface area contributed by atoms with Crippen LogP contribution in [0.15, 0.2) is 30.5 Å². The van der Waals surface area contributed by atoms with Crippen molar-refractivity contribution in [2.75, 3.05) is 6.54 Å². The van der Waals surface area contributed by atoms with Crippen molar-refractivity contribution in [3.05, 3.63) is 36.0 Å². The Morgan fingerprint density at radius 1 is 0.974 bits per heavy atom. The van der Waals surface area contributed by atoms with Crippen molar-refractivity contribution in [1.82, 2.24) is 20.9 Å². The van der Waals surface area contributed by atoms with Crippen molar-refractivity contribution in [3.63, 3.8) is 0 Å². The van der Waals surface area contributed by atoms with E-state index in [0.29, 0.717) is 32.2 Å². The van der Waals surface area contributed by atoms with E-state index in [-0.39, 0.29) is 12.3 Å². The first-order valence-electron chi connectivity index (χ1n) is 13.3. The zero-order valence-electron chi connectivity index (χ0n) is 22.8. The van der Waals surface area contributed by atoms with Crippen molar-refractivity contribution < 1.29 is 29.4 Å². The highest BCUT2D eigenvalue weighted by molar-refractivity contribution is 5.95. The SMILES string of the molecule is CCC(C)C(NC(=O)C(NC(=O)C(Cc1c[nH]c2ccccc12)NC(=O)C(N)CCCCN)C(C)O)C(=O)O. The maximum Gasteiger partial charge on any atom is 0.326 e. The molecule has 1 heterocycles. The lowest BCUT2D eigenvalue weighted by Gasteiger charge is -2.27. The summed E-state index contributed by atoms with van der Waals surface area (Å²) in [6.07, 6.45) is 2.71. The molecule has 0 aliphatic carbocycles. The van der Waals surface area contributed by atoms with E-state index in [1.807, 2.05) is 24.3 Å². The number of fused-ring (bicyclic) bond motifs is 1. The molecule has 1 aromatic heterocycles. The lowest BCUT2D eigenvalue weighted by atomic mass is 9.98. The third-order valence-electron chi connectivity index (χ3n) is 6.88. The maximum absolute atomic E-state index is 13.5. The molecule has 12 nitrogen and oxygen atoms in total. The third kappa shape index (κ3) is 9.05. The Hall–Kier alpha value is -3.48. The van der Waals surface area contributed by atoms with Crippen molar-refractivity contribution in [3.8, 4) is 0 Å². The van der Waals surface area contributed by atoms with Crippen LogP contribution < -0.4 is 27.4 Å². The Balaban J connectivity index is 2.27. The highest BCUT2D eigenvalue weighted by Crippen LogP contribution is 2.19. The molecule has 0 saturated carbocycles. The quantitative estimate of drug-likeness (QED) is 0.135. The van der Waals surface area contributed by atoms with Crippen LogP contribution in [-0.4, -0.2) is 75.7 Å². The number of benzene rings is 1. The number of carboxylic acids is 1. The Morgan fingerprint density at radius 3 is 2.26 bits per heavy atom. The number of nitrogens with two attached hydrogens (primary N) is 2. The number of hydrogen-bond acceptors (Lipinski definition) is 7. The number of H-pyrrole nitrogens is 1. The fourth-order valence-corrected chi connectivity index (χ4v) is 4.23. The van der Waals surface area contributed by atoms with E-state index < -0.39 is 54.0 Å². The van der Waals surface area contributed by atoms with Gasteiger partial charge < -0.3 is 42.6 Å². The van der Waals surface area contributed by atoms with Gasteiger partial charge in [-0.25, -0.2) is 4.79 Å². The number of nitrogens with one attached hydrogen (secondary N) is 4. The smallest absolute Gasteiger partial charge is 0.326 e. The van der Waals surface area contributed by atoms with E-state index in [2.05, 4.69) is 20.9 Å². The summed E-state index contributed by atoms with van der Waals surface area (Å²) in [5, 5.41) is 28.3. The van der Waals surface area contributed by atoms with Crippen LogP contribution in [0.3, 0.4) is 0 Å². The van der Waals surface area contributed by atoms with E-state index in [4.69, 9.17) is 11.5 Å². The van der Waals surface area contributed by atoms with Crippen molar-refractivity contribution in [2.45, 2.75) is 83.1 Å². The number of aliphatic carboxylic acids is 1. The number of carboxylic acid groups (broad SMARTS) is 1. The van der Waals surface area contributed by atoms with Gasteiger partial charge in [-0.1, -0.05) is 44.9 Å². The van der Waals surface area contributed by atoms with Gasteiger partial charge in [0.15, 0.2) is 0 Å². The topological polar surface area (TPSA) is 213 Å². The third-order valence-corrected chi connectivity index (χ3v) is 6.88. The first kappa shape index (κ1) is 31.7. The largest absolute Gasteiger partial charge is 0.480 e. The van der Waals surface area contributed by atoms with Gasteiger partial charge in [0.2, 0.25) is 17.7 Å². The van der Waals surface area contributed by atoms with Gasteiger partial charge in [-0.15, -0.1) is 0 Å². The molecule has 0 radical (unpaired) electrons. The van der Waals surface area contributed by atoms with Crippen LogP contribution in [0.25, 0.3) is 10.9 Å². The molecule has 0 saturated heterocycles. The standard InChI is InChI=1S/C27H42N6O6/c1-4-15(2)22(27(38)39)32-26(37)23(16(3)34)33-25(36)21(31-24(35)19(29)10-7-8-12-28)13-17-14-30-20-11-6-5-9-18(17)20/h5-6,9,11,14-16,19,21-23,30,34H,4,7-8,10,12-13,28-29H2,1-3H3,(H,31,35)(H,32,37)(H,33,36)(H,38,39). The van der Waals surface area contributed by atoms with E-state index in [0.717, 1.165) is 16.5 Å². The Labute approximate surface area is 228 Å². The first-order chi connectivity index (χ1) is 18.5. The number of aromatic nitrogens is 1. The number of hydrogen-bond donors (Lipinski definition) is 8. The van der Waals surface area contributed by atoms with Gasteiger partial charge in [0, 0.05) is 23.5 Å². The molecule has 6 atom stereocenters. The van der Waals surface area contributed by atoms with Crippen LogP contribution in [0.1, 0.15) is 52.0 Å². The molecule has 0 aliphatic rings. The minimum atomic E-state index is -1.45. The molecule has 2 rings (SSSR count). The van der Waals surface area contributed by atoms with Gasteiger partial charge in [0.05, 0.1) is 12.1 Å². The monoisotopic (exact) mass is 546 g/mol. The summed E-state index contributed by atoms with van der Waals surface area (Å²) in [4.78, 5) is 54.1. The molecule has 0 bridgehead atoms. The van der Waals surface area contributed by atoms with E-state index in [9.17, 15) is 29.4 Å². The van der Waals surface area contributed by atoms with Crippen LogP contribution in [0.2, 0.25) is 0 Å². The summed E-state index contributed by atoms with van der Waals surface area (Å²) < 4.78 is 0. The number of carbonyl (C=O) groups is 4. The Morgan fingerprint density at radius 2 is 1.64 bits per heavy atom. The second kappa shape index (κ2) is 15.2. The fourth-order valence-electron chi connectivity index (χ4n) is 4.23. The normalized spacial score (nSPS) is 15.9. The molecule has 12 heteroatoms. The fraction of sp³-hybridized carbons (Fsp3) is 0.556. The van der Waals surface area contributed by atoms with Gasteiger partial charge >= 0.3 is 5.97 Å². The number of aromatic amines is 1. The number of unbranched alkanes of at least 4 members (excludes halogenated alkanes) is 1. The maximum atomic E-state index is 13.5. The van der Waals surface area contributed by atoms with E-state index >= 15 is 0 Å². The number of para-hydroxylation sites is 1. The number of rotatable bonds is 16. The summed E-state index contributed by atoms with van der Waals surface area (Å²) >= 11 is 0.